The first-order chi connectivity index (χ1) is 12.8. The fourth-order valence-electron chi connectivity index (χ4n) is 3.50. The summed E-state index contributed by atoms with van der Waals surface area (Å²) in [4.78, 5) is 4.53. The van der Waals surface area contributed by atoms with Gasteiger partial charge in [-0.05, 0) is 68.4 Å². The van der Waals surface area contributed by atoms with Crippen LogP contribution < -0.4 is 9.62 Å². The molecule has 0 saturated heterocycles. The highest BCUT2D eigenvalue weighted by Gasteiger charge is 2.22. The van der Waals surface area contributed by atoms with Crippen molar-refractivity contribution in [1.82, 2.24) is 9.62 Å². The van der Waals surface area contributed by atoms with Crippen molar-refractivity contribution in [3.63, 3.8) is 0 Å². The number of likely N-dealkylation sites (N-methyl/N-ethyl adjacent to an activating group) is 1. The Morgan fingerprint density at radius 1 is 1.19 bits per heavy atom. The average Bonchev–Trinajstić information content (AvgIpc) is 2.62. The van der Waals surface area contributed by atoms with E-state index in [4.69, 9.17) is 11.6 Å². The Morgan fingerprint density at radius 3 is 2.56 bits per heavy atom. The van der Waals surface area contributed by atoms with Crippen LogP contribution in [0.3, 0.4) is 0 Å². The van der Waals surface area contributed by atoms with E-state index in [0.717, 1.165) is 24.9 Å². The third-order valence-corrected chi connectivity index (χ3v) is 6.74. The van der Waals surface area contributed by atoms with E-state index in [-0.39, 0.29) is 10.9 Å². The van der Waals surface area contributed by atoms with E-state index in [2.05, 4.69) is 34.9 Å². The maximum Gasteiger partial charge on any atom is 0.240 e. The Morgan fingerprint density at radius 2 is 1.89 bits per heavy atom. The lowest BCUT2D eigenvalue weighted by Crippen LogP contribution is -2.34. The van der Waals surface area contributed by atoms with Gasteiger partial charge in [0.25, 0.3) is 0 Å². The number of sulfonamides is 1. The fraction of sp³-hybridized carbons (Fsp3) is 0.400. The van der Waals surface area contributed by atoms with Gasteiger partial charge in [0.1, 0.15) is 0 Å². The van der Waals surface area contributed by atoms with Gasteiger partial charge in [0.2, 0.25) is 10.0 Å². The van der Waals surface area contributed by atoms with E-state index >= 15 is 0 Å². The molecule has 27 heavy (non-hydrogen) atoms. The normalized spacial score (nSPS) is 15.7. The highest BCUT2D eigenvalue weighted by molar-refractivity contribution is 7.89. The Labute approximate surface area is 167 Å². The number of fused-ring (bicyclic) bond motifs is 1. The molecule has 0 saturated carbocycles. The lowest BCUT2D eigenvalue weighted by atomic mass is 9.96. The first-order valence-electron chi connectivity index (χ1n) is 9.03. The van der Waals surface area contributed by atoms with Crippen LogP contribution >= 0.6 is 11.6 Å². The molecule has 5 nitrogen and oxygen atoms in total. The van der Waals surface area contributed by atoms with Gasteiger partial charge in [-0.1, -0.05) is 23.7 Å². The minimum absolute atomic E-state index is 0.0513. The minimum atomic E-state index is -3.58. The molecule has 0 aliphatic carbocycles. The number of aryl methyl sites for hydroxylation is 1. The summed E-state index contributed by atoms with van der Waals surface area (Å²) < 4.78 is 27.9. The van der Waals surface area contributed by atoms with Crippen LogP contribution in [-0.2, 0) is 16.4 Å². The smallest absolute Gasteiger partial charge is 0.240 e. The molecule has 1 unspecified atom stereocenters. The monoisotopic (exact) mass is 407 g/mol. The van der Waals surface area contributed by atoms with Gasteiger partial charge >= 0.3 is 0 Å². The van der Waals surface area contributed by atoms with Crippen LogP contribution in [0.2, 0.25) is 5.02 Å². The first kappa shape index (κ1) is 20.1. The largest absolute Gasteiger partial charge is 0.374 e. The number of hydrogen-bond acceptors (Lipinski definition) is 4. The molecular weight excluding hydrogens is 382 g/mol. The highest BCUT2D eigenvalue weighted by atomic mass is 35.5. The van der Waals surface area contributed by atoms with E-state index < -0.39 is 10.0 Å². The Bertz CT molecular complexity index is 898. The topological polar surface area (TPSA) is 52.7 Å². The maximum absolute atomic E-state index is 12.6. The van der Waals surface area contributed by atoms with Crippen LogP contribution in [0.1, 0.15) is 23.6 Å². The Balaban J connectivity index is 1.79. The molecule has 1 aliphatic rings. The number of rotatable bonds is 6. The lowest BCUT2D eigenvalue weighted by molar-refractivity contribution is 0.299. The average molecular weight is 408 g/mol. The molecule has 0 radical (unpaired) electrons. The zero-order valence-electron chi connectivity index (χ0n) is 15.9. The molecule has 0 spiro atoms. The van der Waals surface area contributed by atoms with Gasteiger partial charge in [-0.25, -0.2) is 13.1 Å². The third-order valence-electron chi connectivity index (χ3n) is 5.05. The Hall–Kier alpha value is -1.60. The number of benzene rings is 2. The second kappa shape index (κ2) is 8.19. The summed E-state index contributed by atoms with van der Waals surface area (Å²) in [7, 11) is 2.46. The fourth-order valence-corrected chi connectivity index (χ4v) is 4.66. The number of hydrogen-bond donors (Lipinski definition) is 1. The van der Waals surface area contributed by atoms with Crippen LogP contribution in [0.25, 0.3) is 0 Å². The zero-order chi connectivity index (χ0) is 19.6. The van der Waals surface area contributed by atoms with Crippen molar-refractivity contribution in [2.75, 3.05) is 39.1 Å². The third kappa shape index (κ3) is 4.63. The predicted octanol–water partition coefficient (Wildman–Crippen LogP) is 3.30. The van der Waals surface area contributed by atoms with Gasteiger partial charge in [0.05, 0.1) is 4.90 Å². The van der Waals surface area contributed by atoms with Crippen molar-refractivity contribution in [3.8, 4) is 0 Å². The molecule has 0 fully saturated rings. The van der Waals surface area contributed by atoms with Crippen molar-refractivity contribution >= 4 is 27.3 Å². The number of nitrogens with one attached hydrogen (secondary N) is 1. The predicted molar refractivity (Wildman–Crippen MR) is 111 cm³/mol. The molecule has 0 amide bonds. The summed E-state index contributed by atoms with van der Waals surface area (Å²) in [6.45, 7) is 1.37. The van der Waals surface area contributed by atoms with Crippen LogP contribution in [-0.4, -0.2) is 47.6 Å². The van der Waals surface area contributed by atoms with E-state index in [1.165, 1.54) is 23.4 Å². The Kier molecular flexibility index (Phi) is 6.11. The number of anilines is 1. The summed E-state index contributed by atoms with van der Waals surface area (Å²) in [6, 6.07) is 12.6. The highest BCUT2D eigenvalue weighted by Crippen LogP contribution is 2.30. The summed E-state index contributed by atoms with van der Waals surface area (Å²) in [5.74, 6) is 0. The molecule has 1 aliphatic heterocycles. The molecule has 0 aromatic heterocycles. The van der Waals surface area contributed by atoms with Crippen LogP contribution in [0.4, 0.5) is 5.69 Å². The SMILES string of the molecule is CN1CCCc2cc(C(CNS(=O)(=O)c3ccc(Cl)cc3)N(C)C)ccc21. The molecule has 1 heterocycles. The molecule has 2 aromatic carbocycles. The van der Waals surface area contributed by atoms with Crippen LogP contribution in [0.15, 0.2) is 47.4 Å². The van der Waals surface area contributed by atoms with Gasteiger partial charge in [0.15, 0.2) is 0 Å². The number of nitrogens with zero attached hydrogens (tertiary/aromatic N) is 2. The van der Waals surface area contributed by atoms with Crippen molar-refractivity contribution in [3.05, 3.63) is 58.6 Å². The molecule has 146 valence electrons. The van der Waals surface area contributed by atoms with Crippen molar-refractivity contribution in [2.24, 2.45) is 0 Å². The van der Waals surface area contributed by atoms with E-state index in [1.54, 1.807) is 12.1 Å². The first-order valence-corrected chi connectivity index (χ1v) is 10.9. The van der Waals surface area contributed by atoms with E-state index in [1.807, 2.05) is 19.0 Å². The van der Waals surface area contributed by atoms with Crippen molar-refractivity contribution in [1.29, 1.82) is 0 Å². The molecule has 2 aromatic rings. The quantitative estimate of drug-likeness (QED) is 0.798. The molecule has 7 heteroatoms. The summed E-state index contributed by atoms with van der Waals surface area (Å²) in [6.07, 6.45) is 2.20. The summed E-state index contributed by atoms with van der Waals surface area (Å²) >= 11 is 5.85. The molecule has 3 rings (SSSR count). The molecule has 1 N–H and O–H groups in total. The van der Waals surface area contributed by atoms with Crippen molar-refractivity contribution in [2.45, 2.75) is 23.8 Å². The minimum Gasteiger partial charge on any atom is -0.374 e. The van der Waals surface area contributed by atoms with Gasteiger partial charge in [-0.2, -0.15) is 0 Å². The molecule has 1 atom stereocenters. The van der Waals surface area contributed by atoms with Crippen LogP contribution in [0, 0.1) is 0 Å². The summed E-state index contributed by atoms with van der Waals surface area (Å²) in [5, 5.41) is 0.513. The van der Waals surface area contributed by atoms with Crippen molar-refractivity contribution < 1.29 is 8.42 Å². The maximum atomic E-state index is 12.6. The standard InChI is InChI=1S/C20H26ClN3O2S/c1-23(2)20(14-22-27(25,26)18-9-7-17(21)8-10-18)16-6-11-19-15(13-16)5-4-12-24(19)3/h6-11,13,20,22H,4-5,12,14H2,1-3H3. The van der Waals surface area contributed by atoms with Gasteiger partial charge in [0, 0.05) is 36.9 Å². The van der Waals surface area contributed by atoms with Crippen LogP contribution in [0.5, 0.6) is 0 Å². The van der Waals surface area contributed by atoms with E-state index in [0.29, 0.717) is 11.6 Å². The van der Waals surface area contributed by atoms with Gasteiger partial charge in [-0.15, -0.1) is 0 Å². The zero-order valence-corrected chi connectivity index (χ0v) is 17.5. The molecular formula is C20H26ClN3O2S. The summed E-state index contributed by atoms with van der Waals surface area (Å²) in [5.41, 5.74) is 3.71. The van der Waals surface area contributed by atoms with E-state index in [9.17, 15) is 8.42 Å². The number of halogens is 1. The lowest BCUT2D eigenvalue weighted by Gasteiger charge is -2.30. The van der Waals surface area contributed by atoms with Gasteiger partial charge < -0.3 is 9.80 Å². The second-order valence-electron chi connectivity index (χ2n) is 7.20. The second-order valence-corrected chi connectivity index (χ2v) is 9.40. The van der Waals surface area contributed by atoms with Gasteiger partial charge in [-0.3, -0.25) is 0 Å². The molecule has 0 bridgehead atoms.